The number of fused-ring (bicyclic) bond motifs is 1. The highest BCUT2D eigenvalue weighted by molar-refractivity contribution is 5.99. The van der Waals surface area contributed by atoms with Crippen LogP contribution in [0.1, 0.15) is 6.92 Å². The van der Waals surface area contributed by atoms with Crippen molar-refractivity contribution >= 4 is 28.3 Å². The van der Waals surface area contributed by atoms with Gasteiger partial charge in [0.25, 0.3) is 5.56 Å². The summed E-state index contributed by atoms with van der Waals surface area (Å²) >= 11 is 0. The van der Waals surface area contributed by atoms with Crippen molar-refractivity contribution in [2.75, 3.05) is 43.4 Å². The number of aromatic nitrogens is 3. The molecule has 2 N–H and O–H groups in total. The number of piperazine rings is 1. The predicted molar refractivity (Wildman–Crippen MR) is 111 cm³/mol. The van der Waals surface area contributed by atoms with E-state index in [0.717, 1.165) is 37.4 Å². The van der Waals surface area contributed by atoms with Gasteiger partial charge in [0, 0.05) is 45.8 Å². The first-order chi connectivity index (χ1) is 13.4. The molecule has 3 aromatic rings. The van der Waals surface area contributed by atoms with Crippen molar-refractivity contribution in [2.45, 2.75) is 6.92 Å². The van der Waals surface area contributed by atoms with E-state index in [2.05, 4.69) is 44.4 Å². The lowest BCUT2D eigenvalue weighted by atomic mass is 10.1. The summed E-state index contributed by atoms with van der Waals surface area (Å²) in [4.78, 5) is 31.6. The van der Waals surface area contributed by atoms with Gasteiger partial charge in [-0.3, -0.25) is 14.3 Å². The van der Waals surface area contributed by atoms with Gasteiger partial charge in [-0.1, -0.05) is 12.1 Å². The lowest BCUT2D eigenvalue weighted by Gasteiger charge is -2.34. The highest BCUT2D eigenvalue weighted by Gasteiger charge is 2.16. The van der Waals surface area contributed by atoms with Gasteiger partial charge in [-0.05, 0) is 30.8 Å². The SMILES string of the molecule is CC(=O)Nc1nn(C)c2cc(-c3ccc(N4CCN(C)CC4)cc3)[nH]c(=O)c12. The Morgan fingerprint density at radius 3 is 2.43 bits per heavy atom. The number of benzene rings is 1. The van der Waals surface area contributed by atoms with E-state index in [4.69, 9.17) is 0 Å². The first-order valence-corrected chi connectivity index (χ1v) is 9.34. The molecule has 146 valence electrons. The van der Waals surface area contributed by atoms with Crippen molar-refractivity contribution in [1.29, 1.82) is 0 Å². The monoisotopic (exact) mass is 380 g/mol. The molecule has 0 unspecified atom stereocenters. The van der Waals surface area contributed by atoms with Crippen LogP contribution in [-0.2, 0) is 11.8 Å². The average molecular weight is 380 g/mol. The van der Waals surface area contributed by atoms with Gasteiger partial charge in [0.2, 0.25) is 5.91 Å². The molecule has 8 heteroatoms. The van der Waals surface area contributed by atoms with Crippen LogP contribution in [0.4, 0.5) is 11.5 Å². The van der Waals surface area contributed by atoms with Crippen molar-refractivity contribution in [3.63, 3.8) is 0 Å². The van der Waals surface area contributed by atoms with E-state index >= 15 is 0 Å². The van der Waals surface area contributed by atoms with E-state index in [1.165, 1.54) is 12.6 Å². The number of pyridine rings is 1. The van der Waals surface area contributed by atoms with Crippen LogP contribution in [0, 0.1) is 0 Å². The summed E-state index contributed by atoms with van der Waals surface area (Å²) < 4.78 is 1.61. The van der Waals surface area contributed by atoms with Crippen LogP contribution in [0.5, 0.6) is 0 Å². The molecule has 1 saturated heterocycles. The summed E-state index contributed by atoms with van der Waals surface area (Å²) in [5.41, 5.74) is 3.24. The normalized spacial score (nSPS) is 15.2. The summed E-state index contributed by atoms with van der Waals surface area (Å²) in [7, 11) is 3.90. The van der Waals surface area contributed by atoms with Crippen molar-refractivity contribution in [3.8, 4) is 11.3 Å². The molecule has 2 aromatic heterocycles. The minimum Gasteiger partial charge on any atom is -0.369 e. The van der Waals surface area contributed by atoms with E-state index in [1.54, 1.807) is 11.7 Å². The molecule has 4 rings (SSSR count). The van der Waals surface area contributed by atoms with Crippen LogP contribution >= 0.6 is 0 Å². The largest absolute Gasteiger partial charge is 0.369 e. The molecule has 0 bridgehead atoms. The summed E-state index contributed by atoms with van der Waals surface area (Å²) in [6.07, 6.45) is 0. The number of nitrogens with one attached hydrogen (secondary N) is 2. The van der Waals surface area contributed by atoms with E-state index in [1.807, 2.05) is 18.2 Å². The molecule has 1 aromatic carbocycles. The fraction of sp³-hybridized carbons (Fsp3) is 0.350. The molecular formula is C20H24N6O2. The summed E-state index contributed by atoms with van der Waals surface area (Å²) in [6, 6.07) is 10.1. The zero-order chi connectivity index (χ0) is 19.8. The molecule has 0 spiro atoms. The van der Waals surface area contributed by atoms with Gasteiger partial charge in [-0.25, -0.2) is 0 Å². The molecule has 8 nitrogen and oxygen atoms in total. The maximum atomic E-state index is 12.7. The quantitative estimate of drug-likeness (QED) is 0.721. The number of amides is 1. The molecule has 1 aliphatic heterocycles. The molecule has 3 heterocycles. The first-order valence-electron chi connectivity index (χ1n) is 9.34. The second-order valence-corrected chi connectivity index (χ2v) is 7.26. The molecular weight excluding hydrogens is 356 g/mol. The van der Waals surface area contributed by atoms with Gasteiger partial charge in [-0.15, -0.1) is 0 Å². The van der Waals surface area contributed by atoms with Crippen LogP contribution in [0.2, 0.25) is 0 Å². The lowest BCUT2D eigenvalue weighted by molar-refractivity contribution is -0.114. The number of likely N-dealkylation sites (N-methyl/N-ethyl adjacent to an activating group) is 1. The number of anilines is 2. The number of carbonyl (C=O) groups is 1. The minimum atomic E-state index is -0.271. The number of carbonyl (C=O) groups excluding carboxylic acids is 1. The topological polar surface area (TPSA) is 86.3 Å². The number of hydrogen-bond acceptors (Lipinski definition) is 5. The molecule has 1 aliphatic rings. The van der Waals surface area contributed by atoms with E-state index < -0.39 is 0 Å². The Bertz CT molecular complexity index is 1070. The second-order valence-electron chi connectivity index (χ2n) is 7.26. The van der Waals surface area contributed by atoms with E-state index in [-0.39, 0.29) is 17.3 Å². The predicted octanol–water partition coefficient (Wildman–Crippen LogP) is 1.64. The Balaban J connectivity index is 1.67. The number of nitrogens with zero attached hydrogens (tertiary/aromatic N) is 4. The van der Waals surface area contributed by atoms with Gasteiger partial charge in [0.15, 0.2) is 5.82 Å². The van der Waals surface area contributed by atoms with Gasteiger partial charge < -0.3 is 20.1 Å². The Hall–Kier alpha value is -3.13. The van der Waals surface area contributed by atoms with Crippen molar-refractivity contribution in [2.24, 2.45) is 7.05 Å². The third kappa shape index (κ3) is 3.38. The Morgan fingerprint density at radius 1 is 1.11 bits per heavy atom. The third-order valence-corrected chi connectivity index (χ3v) is 5.19. The van der Waals surface area contributed by atoms with Crippen molar-refractivity contribution < 1.29 is 4.79 Å². The summed E-state index contributed by atoms with van der Waals surface area (Å²) in [5, 5.41) is 7.26. The van der Waals surface area contributed by atoms with Crippen LogP contribution in [0.15, 0.2) is 35.1 Å². The number of aromatic amines is 1. The zero-order valence-corrected chi connectivity index (χ0v) is 16.3. The third-order valence-electron chi connectivity index (χ3n) is 5.19. The standard InChI is InChI=1S/C20H24N6O2/c1-13(27)21-19-18-17(25(3)23-19)12-16(22-20(18)28)14-4-6-15(7-5-14)26-10-8-24(2)9-11-26/h4-7,12H,8-11H2,1-3H3,(H,22,28)(H,21,23,27). The summed E-state index contributed by atoms with van der Waals surface area (Å²) in [6.45, 7) is 5.54. The smallest absolute Gasteiger partial charge is 0.261 e. The number of aryl methyl sites for hydroxylation is 1. The van der Waals surface area contributed by atoms with Gasteiger partial charge in [0.1, 0.15) is 5.39 Å². The Labute approximate surface area is 162 Å². The molecule has 1 fully saturated rings. The first kappa shape index (κ1) is 18.2. The molecule has 1 amide bonds. The van der Waals surface area contributed by atoms with E-state index in [9.17, 15) is 9.59 Å². The fourth-order valence-corrected chi connectivity index (χ4v) is 3.61. The van der Waals surface area contributed by atoms with Gasteiger partial charge >= 0.3 is 0 Å². The molecule has 0 saturated carbocycles. The van der Waals surface area contributed by atoms with Crippen LogP contribution in [0.25, 0.3) is 22.2 Å². The molecule has 0 atom stereocenters. The van der Waals surface area contributed by atoms with Crippen molar-refractivity contribution in [1.82, 2.24) is 19.7 Å². The van der Waals surface area contributed by atoms with Gasteiger partial charge in [-0.2, -0.15) is 5.10 Å². The molecule has 0 radical (unpaired) electrons. The second kappa shape index (κ2) is 7.12. The Morgan fingerprint density at radius 2 is 1.79 bits per heavy atom. The number of rotatable bonds is 3. The highest BCUT2D eigenvalue weighted by atomic mass is 16.1. The number of hydrogen-bond donors (Lipinski definition) is 2. The fourth-order valence-electron chi connectivity index (χ4n) is 3.61. The molecule has 0 aliphatic carbocycles. The van der Waals surface area contributed by atoms with Crippen LogP contribution in [-0.4, -0.2) is 58.8 Å². The highest BCUT2D eigenvalue weighted by Crippen LogP contribution is 2.26. The maximum Gasteiger partial charge on any atom is 0.261 e. The lowest BCUT2D eigenvalue weighted by Crippen LogP contribution is -2.44. The van der Waals surface area contributed by atoms with E-state index in [0.29, 0.717) is 10.9 Å². The Kier molecular flexibility index (Phi) is 4.64. The number of H-pyrrole nitrogens is 1. The maximum absolute atomic E-state index is 12.7. The summed E-state index contributed by atoms with van der Waals surface area (Å²) in [5.74, 6) is 0.0196. The van der Waals surface area contributed by atoms with Gasteiger partial charge in [0.05, 0.1) is 11.2 Å². The van der Waals surface area contributed by atoms with Crippen molar-refractivity contribution in [3.05, 3.63) is 40.7 Å². The van der Waals surface area contributed by atoms with Crippen LogP contribution in [0.3, 0.4) is 0 Å². The zero-order valence-electron chi connectivity index (χ0n) is 16.3. The minimum absolute atomic E-state index is 0.261. The average Bonchev–Trinajstić information content (AvgIpc) is 2.98. The molecule has 28 heavy (non-hydrogen) atoms. The van der Waals surface area contributed by atoms with Crippen LogP contribution < -0.4 is 15.8 Å².